The van der Waals surface area contributed by atoms with Gasteiger partial charge in [0.1, 0.15) is 11.5 Å². The van der Waals surface area contributed by atoms with E-state index in [0.717, 1.165) is 51.2 Å². The van der Waals surface area contributed by atoms with E-state index in [-0.39, 0.29) is 0 Å². The first-order valence-electron chi connectivity index (χ1n) is 7.61. The van der Waals surface area contributed by atoms with Crippen LogP contribution in [0.4, 0.5) is 0 Å². The Labute approximate surface area is 114 Å². The van der Waals surface area contributed by atoms with E-state index in [4.69, 9.17) is 9.47 Å². The van der Waals surface area contributed by atoms with Crippen molar-refractivity contribution in [3.63, 3.8) is 0 Å². The van der Waals surface area contributed by atoms with Gasteiger partial charge in [-0.2, -0.15) is 0 Å². The van der Waals surface area contributed by atoms with Gasteiger partial charge < -0.3 is 14.8 Å². The summed E-state index contributed by atoms with van der Waals surface area (Å²) in [4.78, 5) is 0. The van der Waals surface area contributed by atoms with E-state index < -0.39 is 0 Å². The van der Waals surface area contributed by atoms with Crippen molar-refractivity contribution in [2.45, 2.75) is 44.6 Å². The van der Waals surface area contributed by atoms with Crippen LogP contribution in [0.2, 0.25) is 0 Å². The summed E-state index contributed by atoms with van der Waals surface area (Å²) < 4.78 is 11.9. The molecule has 1 aromatic rings. The summed E-state index contributed by atoms with van der Waals surface area (Å²) >= 11 is 0. The Balaban J connectivity index is 1.88. The van der Waals surface area contributed by atoms with Crippen LogP contribution in [0.1, 0.15) is 48.4 Å². The number of rotatable bonds is 1. The van der Waals surface area contributed by atoms with Crippen molar-refractivity contribution >= 4 is 0 Å². The van der Waals surface area contributed by atoms with E-state index in [1.165, 1.54) is 35.3 Å². The first-order valence-corrected chi connectivity index (χ1v) is 7.61. The second kappa shape index (κ2) is 4.71. The van der Waals surface area contributed by atoms with Crippen LogP contribution >= 0.6 is 0 Å². The van der Waals surface area contributed by atoms with E-state index >= 15 is 0 Å². The van der Waals surface area contributed by atoms with Gasteiger partial charge in [-0.05, 0) is 56.7 Å². The predicted octanol–water partition coefficient (Wildman–Crippen LogP) is 2.76. The summed E-state index contributed by atoms with van der Waals surface area (Å²) in [6.07, 6.45) is 7.02. The molecule has 0 amide bonds. The summed E-state index contributed by atoms with van der Waals surface area (Å²) in [5.41, 5.74) is 4.19. The molecule has 0 saturated carbocycles. The van der Waals surface area contributed by atoms with Gasteiger partial charge in [-0.15, -0.1) is 0 Å². The van der Waals surface area contributed by atoms with Crippen molar-refractivity contribution in [2.75, 3.05) is 19.8 Å². The van der Waals surface area contributed by atoms with E-state index in [1.54, 1.807) is 0 Å². The highest BCUT2D eigenvalue weighted by molar-refractivity contribution is 5.56. The quantitative estimate of drug-likeness (QED) is 0.841. The molecule has 0 spiro atoms. The molecule has 3 aliphatic heterocycles. The second-order valence-corrected chi connectivity index (χ2v) is 5.81. The molecule has 1 aromatic carbocycles. The van der Waals surface area contributed by atoms with Crippen LogP contribution < -0.4 is 14.8 Å². The minimum absolute atomic E-state index is 0.475. The van der Waals surface area contributed by atoms with Crippen molar-refractivity contribution in [1.82, 2.24) is 5.32 Å². The zero-order chi connectivity index (χ0) is 12.7. The van der Waals surface area contributed by atoms with Gasteiger partial charge in [-0.3, -0.25) is 0 Å². The van der Waals surface area contributed by atoms with Crippen LogP contribution in [0.15, 0.2) is 6.07 Å². The molecule has 0 radical (unpaired) electrons. The molecule has 0 aliphatic carbocycles. The summed E-state index contributed by atoms with van der Waals surface area (Å²) in [7, 11) is 0. The minimum Gasteiger partial charge on any atom is -0.493 e. The van der Waals surface area contributed by atoms with Gasteiger partial charge in [0.15, 0.2) is 0 Å². The molecule has 1 N–H and O–H groups in total. The van der Waals surface area contributed by atoms with Crippen LogP contribution in [0.3, 0.4) is 0 Å². The third-order valence-electron chi connectivity index (χ3n) is 4.54. The van der Waals surface area contributed by atoms with Crippen molar-refractivity contribution < 1.29 is 9.47 Å². The predicted molar refractivity (Wildman–Crippen MR) is 74.1 cm³/mol. The lowest BCUT2D eigenvalue weighted by atomic mass is 9.89. The lowest BCUT2D eigenvalue weighted by molar-refractivity contribution is 0.266. The molecule has 19 heavy (non-hydrogen) atoms. The fourth-order valence-electron chi connectivity index (χ4n) is 3.66. The van der Waals surface area contributed by atoms with Crippen LogP contribution in [-0.4, -0.2) is 19.8 Å². The summed E-state index contributed by atoms with van der Waals surface area (Å²) in [5, 5.41) is 3.64. The van der Waals surface area contributed by atoms with Crippen molar-refractivity contribution in [1.29, 1.82) is 0 Å². The van der Waals surface area contributed by atoms with Gasteiger partial charge in [0, 0.05) is 17.2 Å². The summed E-state index contributed by atoms with van der Waals surface area (Å²) in [6.45, 7) is 2.86. The van der Waals surface area contributed by atoms with Gasteiger partial charge in [0.25, 0.3) is 0 Å². The fourth-order valence-corrected chi connectivity index (χ4v) is 3.66. The zero-order valence-corrected chi connectivity index (χ0v) is 11.3. The van der Waals surface area contributed by atoms with E-state index in [1.807, 2.05) is 0 Å². The van der Waals surface area contributed by atoms with E-state index in [0.29, 0.717) is 6.04 Å². The molecule has 102 valence electrons. The number of fused-ring (bicyclic) bond motifs is 2. The topological polar surface area (TPSA) is 30.5 Å². The first kappa shape index (κ1) is 11.6. The van der Waals surface area contributed by atoms with Crippen molar-refractivity contribution in [3.8, 4) is 11.5 Å². The Kier molecular flexibility index (Phi) is 2.87. The molecular formula is C16H21NO2. The molecule has 3 nitrogen and oxygen atoms in total. The van der Waals surface area contributed by atoms with Crippen LogP contribution in [-0.2, 0) is 12.8 Å². The third kappa shape index (κ3) is 1.91. The lowest BCUT2D eigenvalue weighted by Gasteiger charge is -2.30. The maximum atomic E-state index is 6.04. The van der Waals surface area contributed by atoms with E-state index in [9.17, 15) is 0 Å². The largest absolute Gasteiger partial charge is 0.493 e. The van der Waals surface area contributed by atoms with Gasteiger partial charge in [0.2, 0.25) is 0 Å². The average Bonchev–Trinajstić information content (AvgIpc) is 2.98. The smallest absolute Gasteiger partial charge is 0.127 e. The Morgan fingerprint density at radius 3 is 2.84 bits per heavy atom. The monoisotopic (exact) mass is 259 g/mol. The normalized spacial score (nSPS) is 25.2. The molecule has 1 saturated heterocycles. The molecule has 0 bridgehead atoms. The van der Waals surface area contributed by atoms with Crippen LogP contribution in [0, 0.1) is 0 Å². The molecule has 3 aliphatic rings. The van der Waals surface area contributed by atoms with Gasteiger partial charge in [-0.1, -0.05) is 0 Å². The molecule has 3 heterocycles. The van der Waals surface area contributed by atoms with Gasteiger partial charge in [0.05, 0.1) is 13.2 Å². The molecule has 3 heteroatoms. The average molecular weight is 259 g/mol. The highest BCUT2D eigenvalue weighted by Crippen LogP contribution is 2.44. The minimum atomic E-state index is 0.475. The van der Waals surface area contributed by atoms with E-state index in [2.05, 4.69) is 11.4 Å². The molecule has 1 fully saturated rings. The van der Waals surface area contributed by atoms with Gasteiger partial charge in [-0.25, -0.2) is 0 Å². The lowest BCUT2D eigenvalue weighted by Crippen LogP contribution is -2.22. The summed E-state index contributed by atoms with van der Waals surface area (Å²) in [5.74, 6) is 2.30. The molecular weight excluding hydrogens is 238 g/mol. The standard InChI is InChI=1S/C16H21NO2/c1-6-13(17-7-1)15-12-5-3-8-18-14(12)10-11-4-2-9-19-16(11)15/h10,13,17H,1-9H2. The number of hydrogen-bond acceptors (Lipinski definition) is 3. The molecule has 1 atom stereocenters. The highest BCUT2D eigenvalue weighted by Gasteiger charge is 2.30. The third-order valence-corrected chi connectivity index (χ3v) is 4.54. The highest BCUT2D eigenvalue weighted by atomic mass is 16.5. The summed E-state index contributed by atoms with van der Waals surface area (Å²) in [6, 6.07) is 2.71. The number of aryl methyl sites for hydroxylation is 1. The Morgan fingerprint density at radius 2 is 1.95 bits per heavy atom. The molecule has 0 aromatic heterocycles. The zero-order valence-electron chi connectivity index (χ0n) is 11.3. The maximum Gasteiger partial charge on any atom is 0.127 e. The molecule has 4 rings (SSSR count). The van der Waals surface area contributed by atoms with Crippen molar-refractivity contribution in [3.05, 3.63) is 22.8 Å². The number of hydrogen-bond donors (Lipinski definition) is 1. The number of benzene rings is 1. The Hall–Kier alpha value is -1.22. The first-order chi connectivity index (χ1) is 9.43. The SMILES string of the molecule is c1c2c(c(C3CCCN3)c3c1OCCC3)OCCC2. The second-order valence-electron chi connectivity index (χ2n) is 5.81. The fraction of sp³-hybridized carbons (Fsp3) is 0.625. The Morgan fingerprint density at radius 1 is 1.05 bits per heavy atom. The van der Waals surface area contributed by atoms with Crippen LogP contribution in [0.5, 0.6) is 11.5 Å². The number of ether oxygens (including phenoxy) is 2. The Bertz CT molecular complexity index is 458. The molecule has 1 unspecified atom stereocenters. The van der Waals surface area contributed by atoms with Crippen molar-refractivity contribution in [2.24, 2.45) is 0 Å². The van der Waals surface area contributed by atoms with Crippen LogP contribution in [0.25, 0.3) is 0 Å². The number of nitrogens with one attached hydrogen (secondary N) is 1. The maximum absolute atomic E-state index is 6.04. The van der Waals surface area contributed by atoms with Gasteiger partial charge >= 0.3 is 0 Å².